The number of ether oxygens (including phenoxy) is 2. The first kappa shape index (κ1) is 21.8. The molecule has 7 nitrogen and oxygen atoms in total. The Morgan fingerprint density at radius 2 is 2.17 bits per heavy atom. The number of rotatable bonds is 10. The molecular formula is C22H37N5O2. The van der Waals surface area contributed by atoms with Crippen molar-refractivity contribution in [3.05, 3.63) is 23.9 Å². The first-order valence-electron chi connectivity index (χ1n) is 11.3. The molecule has 2 N–H and O–H groups in total. The Morgan fingerprint density at radius 1 is 1.28 bits per heavy atom. The molecule has 1 unspecified atom stereocenters. The molecule has 3 heterocycles. The zero-order chi connectivity index (χ0) is 20.2. The van der Waals surface area contributed by atoms with Crippen molar-refractivity contribution in [2.24, 2.45) is 4.99 Å². The van der Waals surface area contributed by atoms with Gasteiger partial charge in [0.2, 0.25) is 0 Å². The summed E-state index contributed by atoms with van der Waals surface area (Å²) in [6, 6.07) is 4.23. The highest BCUT2D eigenvalue weighted by atomic mass is 16.5. The van der Waals surface area contributed by atoms with Crippen LogP contribution in [0.4, 0.5) is 5.82 Å². The summed E-state index contributed by atoms with van der Waals surface area (Å²) in [6.45, 7) is 8.98. The van der Waals surface area contributed by atoms with Crippen molar-refractivity contribution in [1.29, 1.82) is 0 Å². The maximum Gasteiger partial charge on any atom is 0.191 e. The lowest BCUT2D eigenvalue weighted by molar-refractivity contribution is 0.0168. The number of nitrogens with one attached hydrogen (secondary N) is 2. The lowest BCUT2D eigenvalue weighted by atomic mass is 10.1. The minimum atomic E-state index is 0.303. The van der Waals surface area contributed by atoms with E-state index in [-0.39, 0.29) is 0 Å². The summed E-state index contributed by atoms with van der Waals surface area (Å²) in [5, 5.41) is 6.72. The van der Waals surface area contributed by atoms with E-state index in [1.807, 2.05) is 6.20 Å². The summed E-state index contributed by atoms with van der Waals surface area (Å²) in [7, 11) is 0. The lowest BCUT2D eigenvalue weighted by Gasteiger charge is -2.27. The molecule has 2 aliphatic heterocycles. The van der Waals surface area contributed by atoms with Crippen molar-refractivity contribution >= 4 is 11.8 Å². The minimum Gasteiger partial charge on any atom is -0.379 e. The van der Waals surface area contributed by atoms with Crippen molar-refractivity contribution in [3.8, 4) is 0 Å². The third-order valence-electron chi connectivity index (χ3n) is 5.34. The van der Waals surface area contributed by atoms with E-state index in [2.05, 4.69) is 39.6 Å². The van der Waals surface area contributed by atoms with E-state index in [0.717, 1.165) is 77.0 Å². The highest BCUT2D eigenvalue weighted by Crippen LogP contribution is 2.18. The van der Waals surface area contributed by atoms with E-state index < -0.39 is 0 Å². The third-order valence-corrected chi connectivity index (χ3v) is 5.34. The topological polar surface area (TPSA) is 71.0 Å². The number of guanidine groups is 1. The number of pyridine rings is 1. The molecule has 1 atom stereocenters. The van der Waals surface area contributed by atoms with Crippen LogP contribution in [0.3, 0.4) is 0 Å². The molecule has 1 aromatic rings. The second-order valence-electron chi connectivity index (χ2n) is 7.76. The van der Waals surface area contributed by atoms with Gasteiger partial charge in [-0.05, 0) is 63.1 Å². The van der Waals surface area contributed by atoms with Crippen LogP contribution in [-0.4, -0.2) is 63.0 Å². The second-order valence-corrected chi connectivity index (χ2v) is 7.76. The molecule has 0 spiro atoms. The summed E-state index contributed by atoms with van der Waals surface area (Å²) in [4.78, 5) is 11.7. The van der Waals surface area contributed by atoms with Gasteiger partial charge in [-0.2, -0.15) is 0 Å². The summed E-state index contributed by atoms with van der Waals surface area (Å²) < 4.78 is 11.3. The van der Waals surface area contributed by atoms with E-state index in [1.165, 1.54) is 24.8 Å². The van der Waals surface area contributed by atoms with Crippen LogP contribution in [0.15, 0.2) is 23.3 Å². The highest BCUT2D eigenvalue weighted by molar-refractivity contribution is 5.79. The van der Waals surface area contributed by atoms with Gasteiger partial charge in [0.05, 0.1) is 19.3 Å². The number of hydrogen-bond donors (Lipinski definition) is 2. The van der Waals surface area contributed by atoms with E-state index in [9.17, 15) is 0 Å². The Labute approximate surface area is 175 Å². The first-order valence-corrected chi connectivity index (χ1v) is 11.3. The summed E-state index contributed by atoms with van der Waals surface area (Å²) in [6.07, 6.45) is 9.30. The SMILES string of the molecule is CCNC(=NCc1ccnc(N2CCCCC2)c1)NCCCOCC1CCCO1. The van der Waals surface area contributed by atoms with E-state index >= 15 is 0 Å². The average molecular weight is 404 g/mol. The van der Waals surface area contributed by atoms with Crippen molar-refractivity contribution < 1.29 is 9.47 Å². The number of hydrogen-bond acceptors (Lipinski definition) is 5. The number of aliphatic imine (C=N–C) groups is 1. The van der Waals surface area contributed by atoms with Crippen LogP contribution in [0, 0.1) is 0 Å². The number of aromatic nitrogens is 1. The number of piperidine rings is 1. The molecule has 0 radical (unpaired) electrons. The monoisotopic (exact) mass is 403 g/mol. The number of anilines is 1. The molecule has 0 aliphatic carbocycles. The van der Waals surface area contributed by atoms with Gasteiger partial charge < -0.3 is 25.0 Å². The van der Waals surface area contributed by atoms with E-state index in [1.54, 1.807) is 0 Å². The van der Waals surface area contributed by atoms with Crippen LogP contribution in [0.25, 0.3) is 0 Å². The zero-order valence-electron chi connectivity index (χ0n) is 17.9. The fourth-order valence-electron chi connectivity index (χ4n) is 3.74. The van der Waals surface area contributed by atoms with Gasteiger partial charge in [-0.25, -0.2) is 9.98 Å². The Morgan fingerprint density at radius 3 is 2.97 bits per heavy atom. The van der Waals surface area contributed by atoms with Gasteiger partial charge in [-0.1, -0.05) is 0 Å². The molecule has 162 valence electrons. The molecule has 0 aromatic carbocycles. The molecule has 0 amide bonds. The highest BCUT2D eigenvalue weighted by Gasteiger charge is 2.15. The molecule has 0 bridgehead atoms. The van der Waals surface area contributed by atoms with Crippen LogP contribution in [0.1, 0.15) is 51.0 Å². The maximum absolute atomic E-state index is 5.72. The molecule has 1 aromatic heterocycles. The predicted octanol–water partition coefficient (Wildman–Crippen LogP) is 2.71. The molecule has 29 heavy (non-hydrogen) atoms. The van der Waals surface area contributed by atoms with Gasteiger partial charge in [0.25, 0.3) is 0 Å². The normalized spacial score (nSPS) is 20.1. The second kappa shape index (κ2) is 12.6. The predicted molar refractivity (Wildman–Crippen MR) is 118 cm³/mol. The average Bonchev–Trinajstić information content (AvgIpc) is 3.29. The lowest BCUT2D eigenvalue weighted by Crippen LogP contribution is -2.38. The van der Waals surface area contributed by atoms with Crippen LogP contribution >= 0.6 is 0 Å². The zero-order valence-corrected chi connectivity index (χ0v) is 17.9. The minimum absolute atomic E-state index is 0.303. The van der Waals surface area contributed by atoms with E-state index in [4.69, 9.17) is 14.5 Å². The van der Waals surface area contributed by atoms with Gasteiger partial charge in [0.1, 0.15) is 5.82 Å². The van der Waals surface area contributed by atoms with Crippen molar-refractivity contribution in [2.45, 2.75) is 58.1 Å². The quantitative estimate of drug-likeness (QED) is 0.356. The summed E-state index contributed by atoms with van der Waals surface area (Å²) >= 11 is 0. The van der Waals surface area contributed by atoms with Gasteiger partial charge in [-0.15, -0.1) is 0 Å². The van der Waals surface area contributed by atoms with E-state index in [0.29, 0.717) is 12.6 Å². The van der Waals surface area contributed by atoms with Crippen LogP contribution in [0.5, 0.6) is 0 Å². The maximum atomic E-state index is 5.72. The van der Waals surface area contributed by atoms with Crippen LogP contribution in [-0.2, 0) is 16.0 Å². The molecule has 2 saturated heterocycles. The Balaban J connectivity index is 1.40. The molecule has 7 heteroatoms. The van der Waals surface area contributed by atoms with Crippen LogP contribution in [0.2, 0.25) is 0 Å². The van der Waals surface area contributed by atoms with Crippen molar-refractivity contribution in [2.75, 3.05) is 50.9 Å². The molecule has 2 fully saturated rings. The third kappa shape index (κ3) is 7.82. The first-order chi connectivity index (χ1) is 14.3. The van der Waals surface area contributed by atoms with Crippen molar-refractivity contribution in [3.63, 3.8) is 0 Å². The summed E-state index contributed by atoms with van der Waals surface area (Å²) in [5.74, 6) is 1.93. The fraction of sp³-hybridized carbons (Fsp3) is 0.727. The molecule has 0 saturated carbocycles. The fourth-order valence-corrected chi connectivity index (χ4v) is 3.74. The van der Waals surface area contributed by atoms with Gasteiger partial charge in [0, 0.05) is 45.6 Å². The smallest absolute Gasteiger partial charge is 0.191 e. The van der Waals surface area contributed by atoms with Gasteiger partial charge in [0.15, 0.2) is 5.96 Å². The Hall–Kier alpha value is -1.86. The number of nitrogens with zero attached hydrogens (tertiary/aromatic N) is 3. The molecule has 2 aliphatic rings. The Kier molecular flexibility index (Phi) is 9.53. The Bertz CT molecular complexity index is 613. The van der Waals surface area contributed by atoms with Crippen molar-refractivity contribution in [1.82, 2.24) is 15.6 Å². The summed E-state index contributed by atoms with van der Waals surface area (Å²) in [5.41, 5.74) is 1.19. The van der Waals surface area contributed by atoms with Crippen LogP contribution < -0.4 is 15.5 Å². The van der Waals surface area contributed by atoms with Gasteiger partial charge >= 0.3 is 0 Å². The largest absolute Gasteiger partial charge is 0.379 e. The molecule has 3 rings (SSSR count). The van der Waals surface area contributed by atoms with Gasteiger partial charge in [-0.3, -0.25) is 0 Å². The standard InChI is InChI=1S/C22H37N5O2/c1-2-23-22(25-10-7-14-28-18-20-8-6-15-29-20)26-17-19-9-11-24-21(16-19)27-12-4-3-5-13-27/h9,11,16,20H,2-8,10,12-15,17-18H2,1H3,(H2,23,25,26). The molecular weight excluding hydrogens is 366 g/mol.